The average Bonchev–Trinajstić information content (AvgIpc) is 2.54. The first-order valence-corrected chi connectivity index (χ1v) is 7.64. The van der Waals surface area contributed by atoms with E-state index in [9.17, 15) is 9.59 Å². The zero-order chi connectivity index (χ0) is 15.9. The van der Waals surface area contributed by atoms with Gasteiger partial charge in [-0.1, -0.05) is 43.7 Å². The standard InChI is InChI=1S/C18H22N2O2/c1-3-4-10-16-11-15(12-17(21)20(16)2)18(22)19-13-14-8-6-5-7-9-14/h5-9,11-12H,3-4,10,13H2,1-2H3,(H,19,22). The Morgan fingerprint density at radius 3 is 2.59 bits per heavy atom. The van der Waals surface area contributed by atoms with Crippen LogP contribution >= 0.6 is 0 Å². The van der Waals surface area contributed by atoms with Gasteiger partial charge in [0.2, 0.25) is 0 Å². The molecular weight excluding hydrogens is 276 g/mol. The molecule has 0 aliphatic heterocycles. The Labute approximate surface area is 130 Å². The number of carbonyl (C=O) groups excluding carboxylic acids is 1. The van der Waals surface area contributed by atoms with Gasteiger partial charge < -0.3 is 9.88 Å². The van der Waals surface area contributed by atoms with Crippen LogP contribution < -0.4 is 10.9 Å². The highest BCUT2D eigenvalue weighted by molar-refractivity contribution is 5.94. The van der Waals surface area contributed by atoms with Gasteiger partial charge in [0.15, 0.2) is 0 Å². The monoisotopic (exact) mass is 298 g/mol. The number of aryl methyl sites for hydroxylation is 1. The van der Waals surface area contributed by atoms with Crippen molar-refractivity contribution >= 4 is 5.91 Å². The Morgan fingerprint density at radius 1 is 1.18 bits per heavy atom. The van der Waals surface area contributed by atoms with Crippen molar-refractivity contribution in [3.63, 3.8) is 0 Å². The number of hydrogen-bond donors (Lipinski definition) is 1. The summed E-state index contributed by atoms with van der Waals surface area (Å²) in [5.41, 5.74) is 2.23. The third-order valence-corrected chi connectivity index (χ3v) is 3.71. The normalized spacial score (nSPS) is 10.5. The van der Waals surface area contributed by atoms with E-state index in [1.165, 1.54) is 6.07 Å². The molecule has 0 spiro atoms. The lowest BCUT2D eigenvalue weighted by atomic mass is 10.1. The van der Waals surface area contributed by atoms with Crippen molar-refractivity contribution in [2.24, 2.45) is 7.05 Å². The lowest BCUT2D eigenvalue weighted by Gasteiger charge is -2.10. The Balaban J connectivity index is 2.12. The van der Waals surface area contributed by atoms with Gasteiger partial charge in [0.25, 0.3) is 11.5 Å². The summed E-state index contributed by atoms with van der Waals surface area (Å²) in [4.78, 5) is 24.2. The van der Waals surface area contributed by atoms with E-state index in [4.69, 9.17) is 0 Å². The van der Waals surface area contributed by atoms with E-state index in [-0.39, 0.29) is 11.5 Å². The first kappa shape index (κ1) is 16.0. The molecule has 0 radical (unpaired) electrons. The minimum atomic E-state index is -0.209. The number of nitrogens with one attached hydrogen (secondary N) is 1. The summed E-state index contributed by atoms with van der Waals surface area (Å²) in [6, 6.07) is 12.9. The summed E-state index contributed by atoms with van der Waals surface area (Å²) in [5.74, 6) is -0.209. The Kier molecular flexibility index (Phi) is 5.53. The van der Waals surface area contributed by atoms with Crippen molar-refractivity contribution in [2.75, 3.05) is 0 Å². The van der Waals surface area contributed by atoms with Gasteiger partial charge in [0.05, 0.1) is 0 Å². The fraction of sp³-hybridized carbons (Fsp3) is 0.333. The molecule has 0 atom stereocenters. The van der Waals surface area contributed by atoms with Crippen LogP contribution in [0.4, 0.5) is 0 Å². The maximum Gasteiger partial charge on any atom is 0.251 e. The quantitative estimate of drug-likeness (QED) is 0.891. The molecule has 1 N–H and O–H groups in total. The largest absolute Gasteiger partial charge is 0.348 e. The minimum Gasteiger partial charge on any atom is -0.348 e. The van der Waals surface area contributed by atoms with Crippen molar-refractivity contribution in [2.45, 2.75) is 32.7 Å². The van der Waals surface area contributed by atoms with E-state index in [0.717, 1.165) is 30.5 Å². The Morgan fingerprint density at radius 2 is 1.91 bits per heavy atom. The highest BCUT2D eigenvalue weighted by Gasteiger charge is 2.10. The van der Waals surface area contributed by atoms with Crippen LogP contribution in [0.3, 0.4) is 0 Å². The van der Waals surface area contributed by atoms with Gasteiger partial charge in [-0.2, -0.15) is 0 Å². The van der Waals surface area contributed by atoms with Crippen LogP contribution in [0.2, 0.25) is 0 Å². The molecule has 0 aliphatic rings. The predicted molar refractivity (Wildman–Crippen MR) is 87.9 cm³/mol. The zero-order valence-electron chi connectivity index (χ0n) is 13.1. The van der Waals surface area contributed by atoms with Crippen molar-refractivity contribution in [3.8, 4) is 0 Å². The molecule has 1 amide bonds. The number of pyridine rings is 1. The highest BCUT2D eigenvalue weighted by Crippen LogP contribution is 2.06. The van der Waals surface area contributed by atoms with Crippen molar-refractivity contribution in [3.05, 3.63) is 69.6 Å². The number of aromatic nitrogens is 1. The molecule has 1 aromatic carbocycles. The molecule has 0 saturated carbocycles. The van der Waals surface area contributed by atoms with Gasteiger partial charge >= 0.3 is 0 Å². The smallest absolute Gasteiger partial charge is 0.251 e. The van der Waals surface area contributed by atoms with Crippen molar-refractivity contribution < 1.29 is 4.79 Å². The SMILES string of the molecule is CCCCc1cc(C(=O)NCc2ccccc2)cc(=O)n1C. The van der Waals surface area contributed by atoms with E-state index in [1.54, 1.807) is 11.6 Å². The number of carbonyl (C=O) groups is 1. The minimum absolute atomic E-state index is 0.140. The molecule has 2 aromatic rings. The molecule has 1 aromatic heterocycles. The number of rotatable bonds is 6. The summed E-state index contributed by atoms with van der Waals surface area (Å²) in [5, 5.41) is 2.86. The van der Waals surface area contributed by atoms with Gasteiger partial charge in [-0.3, -0.25) is 9.59 Å². The molecule has 0 unspecified atom stereocenters. The summed E-state index contributed by atoms with van der Waals surface area (Å²) >= 11 is 0. The van der Waals surface area contributed by atoms with Crippen LogP contribution in [0.25, 0.3) is 0 Å². The van der Waals surface area contributed by atoms with Gasteiger partial charge in [0, 0.05) is 30.9 Å². The number of nitrogens with zero attached hydrogens (tertiary/aromatic N) is 1. The molecule has 2 rings (SSSR count). The third kappa shape index (κ3) is 4.07. The van der Waals surface area contributed by atoms with E-state index in [2.05, 4.69) is 12.2 Å². The van der Waals surface area contributed by atoms with Crippen LogP contribution in [-0.2, 0) is 20.0 Å². The van der Waals surface area contributed by atoms with E-state index >= 15 is 0 Å². The summed E-state index contributed by atoms with van der Waals surface area (Å²) in [6.45, 7) is 2.56. The highest BCUT2D eigenvalue weighted by atomic mass is 16.2. The first-order chi connectivity index (χ1) is 10.6. The molecule has 0 bridgehead atoms. The van der Waals surface area contributed by atoms with Gasteiger partial charge in [-0.05, 0) is 24.5 Å². The molecule has 0 aliphatic carbocycles. The molecule has 0 fully saturated rings. The van der Waals surface area contributed by atoms with E-state index < -0.39 is 0 Å². The maximum absolute atomic E-state index is 12.2. The van der Waals surface area contributed by atoms with Crippen LogP contribution in [0.15, 0.2) is 47.3 Å². The lowest BCUT2D eigenvalue weighted by Crippen LogP contribution is -2.27. The van der Waals surface area contributed by atoms with Gasteiger partial charge in [0.1, 0.15) is 0 Å². The second kappa shape index (κ2) is 7.59. The van der Waals surface area contributed by atoms with Crippen LogP contribution in [0.1, 0.15) is 41.4 Å². The van der Waals surface area contributed by atoms with E-state index in [1.807, 2.05) is 36.4 Å². The van der Waals surface area contributed by atoms with Crippen LogP contribution in [0.5, 0.6) is 0 Å². The van der Waals surface area contributed by atoms with Crippen molar-refractivity contribution in [1.82, 2.24) is 9.88 Å². The van der Waals surface area contributed by atoms with E-state index in [0.29, 0.717) is 12.1 Å². The number of benzene rings is 1. The topological polar surface area (TPSA) is 51.1 Å². The maximum atomic E-state index is 12.2. The zero-order valence-corrected chi connectivity index (χ0v) is 13.1. The predicted octanol–water partition coefficient (Wildman–Crippen LogP) is 2.66. The summed E-state index contributed by atoms with van der Waals surface area (Å²) in [6.07, 6.45) is 2.86. The Bertz CT molecular complexity index is 690. The molecule has 0 saturated heterocycles. The lowest BCUT2D eigenvalue weighted by molar-refractivity contribution is 0.0950. The van der Waals surface area contributed by atoms with Gasteiger partial charge in [-0.15, -0.1) is 0 Å². The fourth-order valence-electron chi connectivity index (χ4n) is 2.30. The first-order valence-electron chi connectivity index (χ1n) is 7.64. The van der Waals surface area contributed by atoms with Gasteiger partial charge in [-0.25, -0.2) is 0 Å². The Hall–Kier alpha value is -2.36. The van der Waals surface area contributed by atoms with Crippen LogP contribution in [0, 0.1) is 0 Å². The third-order valence-electron chi connectivity index (χ3n) is 3.71. The number of amides is 1. The molecule has 4 heteroatoms. The molecule has 116 valence electrons. The fourth-order valence-corrected chi connectivity index (χ4v) is 2.30. The molecule has 1 heterocycles. The second-order valence-corrected chi connectivity index (χ2v) is 5.40. The number of unbranched alkanes of at least 4 members (excludes halogenated alkanes) is 1. The second-order valence-electron chi connectivity index (χ2n) is 5.40. The number of hydrogen-bond acceptors (Lipinski definition) is 2. The van der Waals surface area contributed by atoms with Crippen LogP contribution in [-0.4, -0.2) is 10.5 Å². The molecular formula is C18H22N2O2. The summed E-state index contributed by atoms with van der Waals surface area (Å²) < 4.78 is 1.61. The molecule has 22 heavy (non-hydrogen) atoms. The van der Waals surface area contributed by atoms with Crippen molar-refractivity contribution in [1.29, 1.82) is 0 Å². The molecule has 4 nitrogen and oxygen atoms in total. The summed E-state index contributed by atoms with van der Waals surface area (Å²) in [7, 11) is 1.75. The average molecular weight is 298 g/mol.